The molecule has 2 aliphatic rings. The number of fused-ring (bicyclic) bond motifs is 2. The van der Waals surface area contributed by atoms with Crippen LogP contribution in [-0.2, 0) is 36.8 Å². The molecule has 1 N–H and O–H groups in total. The van der Waals surface area contributed by atoms with E-state index in [0.717, 1.165) is 20.3 Å². The minimum absolute atomic E-state index is 0.0935. The second kappa shape index (κ2) is 12.2. The standard InChI is InChI=1S/C24H22ClN7O7S2/c1-2-7-38-23(36)18-13(10-39-22(35)16-19-28-29-31(6-5-25)24(37)30(19)12-26-16)11-41-21-17(20(34)32(18)21)27-15(33)9-14-4-3-8-40-14/h2-4,8,11-12,17-18,21H,1,5-7,9-10H2,(H,27,33)/t17-,18?,21-/m1/s1. The van der Waals surface area contributed by atoms with Gasteiger partial charge in [0.2, 0.25) is 11.8 Å². The van der Waals surface area contributed by atoms with E-state index in [1.807, 2.05) is 17.5 Å². The molecule has 0 aromatic carbocycles. The summed E-state index contributed by atoms with van der Waals surface area (Å²) in [6.07, 6.45) is 2.64. The number of amides is 2. The van der Waals surface area contributed by atoms with Crippen molar-refractivity contribution in [2.24, 2.45) is 0 Å². The molecule has 2 aliphatic heterocycles. The number of thioether (sulfide) groups is 1. The number of ether oxygens (including phenoxy) is 2. The van der Waals surface area contributed by atoms with Gasteiger partial charge >= 0.3 is 17.6 Å². The number of nitrogens with zero attached hydrogens (tertiary/aromatic N) is 6. The largest absolute Gasteiger partial charge is 0.460 e. The number of alkyl halides is 1. The molecule has 3 aromatic heterocycles. The molecule has 0 saturated carbocycles. The number of rotatable bonds is 11. The molecule has 0 aliphatic carbocycles. The van der Waals surface area contributed by atoms with Crippen LogP contribution >= 0.6 is 34.7 Å². The number of β-lactam (4-membered cyclic amide) rings is 1. The Morgan fingerprint density at radius 1 is 1.24 bits per heavy atom. The number of hydrogen-bond acceptors (Lipinski definition) is 12. The van der Waals surface area contributed by atoms with Gasteiger partial charge in [-0.25, -0.2) is 23.8 Å². The van der Waals surface area contributed by atoms with Crippen LogP contribution in [0.2, 0.25) is 0 Å². The Hall–Kier alpha value is -4.02. The van der Waals surface area contributed by atoms with E-state index in [9.17, 15) is 24.0 Å². The number of halogens is 1. The smallest absolute Gasteiger partial charge is 0.361 e. The topological polar surface area (TPSA) is 167 Å². The second-order valence-corrected chi connectivity index (χ2v) is 11.1. The van der Waals surface area contributed by atoms with E-state index in [1.165, 1.54) is 34.1 Å². The molecule has 0 radical (unpaired) electrons. The van der Waals surface area contributed by atoms with E-state index in [0.29, 0.717) is 0 Å². The summed E-state index contributed by atoms with van der Waals surface area (Å²) in [5, 5.41) is 13.3. The van der Waals surface area contributed by atoms with Crippen molar-refractivity contribution in [3.63, 3.8) is 0 Å². The third-order valence-electron chi connectivity index (χ3n) is 6.14. The fourth-order valence-electron chi connectivity index (χ4n) is 4.25. The van der Waals surface area contributed by atoms with Crippen molar-refractivity contribution in [2.45, 2.75) is 30.4 Å². The third kappa shape index (κ3) is 5.62. The van der Waals surface area contributed by atoms with Crippen LogP contribution in [0, 0.1) is 0 Å². The zero-order valence-electron chi connectivity index (χ0n) is 21.2. The molecule has 1 fully saturated rings. The second-order valence-electron chi connectivity index (χ2n) is 8.73. The highest BCUT2D eigenvalue weighted by atomic mass is 35.5. The van der Waals surface area contributed by atoms with Gasteiger partial charge in [-0.2, -0.15) is 4.68 Å². The average Bonchev–Trinajstić information content (AvgIpc) is 3.64. The molecule has 1 saturated heterocycles. The number of thiophene rings is 1. The van der Waals surface area contributed by atoms with Gasteiger partial charge in [0.05, 0.1) is 13.0 Å². The Kier molecular flexibility index (Phi) is 8.51. The Labute approximate surface area is 244 Å². The lowest BCUT2D eigenvalue weighted by Gasteiger charge is -2.51. The van der Waals surface area contributed by atoms with Crippen LogP contribution in [-0.4, -0.2) is 89.6 Å². The number of nitrogens with one attached hydrogen (secondary N) is 1. The van der Waals surface area contributed by atoms with Crippen LogP contribution in [0.5, 0.6) is 0 Å². The van der Waals surface area contributed by atoms with E-state index in [2.05, 4.69) is 27.2 Å². The highest BCUT2D eigenvalue weighted by Gasteiger charge is 2.56. The molecule has 41 heavy (non-hydrogen) atoms. The van der Waals surface area contributed by atoms with Gasteiger partial charge in [-0.05, 0) is 16.9 Å². The molecule has 5 heterocycles. The van der Waals surface area contributed by atoms with Crippen LogP contribution in [0.4, 0.5) is 0 Å². The molecule has 17 heteroatoms. The maximum absolute atomic E-state index is 13.1. The molecule has 0 bridgehead atoms. The van der Waals surface area contributed by atoms with Gasteiger partial charge in [0.25, 0.3) is 0 Å². The quantitative estimate of drug-likeness (QED) is 0.136. The molecular formula is C24H22ClN7O7S2. The first-order valence-corrected chi connectivity index (χ1v) is 14.5. The van der Waals surface area contributed by atoms with Gasteiger partial charge in [0.1, 0.15) is 31.0 Å². The summed E-state index contributed by atoms with van der Waals surface area (Å²) in [6, 6.07) is 1.64. The molecular weight excluding hydrogens is 598 g/mol. The number of aryl methyl sites for hydroxylation is 1. The average molecular weight is 620 g/mol. The summed E-state index contributed by atoms with van der Waals surface area (Å²) in [7, 11) is 0. The first-order chi connectivity index (χ1) is 19.8. The Morgan fingerprint density at radius 2 is 2.07 bits per heavy atom. The van der Waals surface area contributed by atoms with Crippen LogP contribution < -0.4 is 11.0 Å². The third-order valence-corrected chi connectivity index (χ3v) is 8.40. The van der Waals surface area contributed by atoms with Crippen molar-refractivity contribution >= 4 is 64.1 Å². The number of hydrogen-bond donors (Lipinski definition) is 1. The number of esters is 2. The number of carbonyl (C=O) groups excluding carboxylic acids is 4. The highest BCUT2D eigenvalue weighted by Crippen LogP contribution is 2.40. The molecule has 14 nitrogen and oxygen atoms in total. The van der Waals surface area contributed by atoms with Gasteiger partial charge in [-0.3, -0.25) is 9.59 Å². The van der Waals surface area contributed by atoms with Crippen molar-refractivity contribution in [2.75, 3.05) is 19.1 Å². The molecule has 2 amide bonds. The van der Waals surface area contributed by atoms with Crippen LogP contribution in [0.25, 0.3) is 5.65 Å². The number of carbonyl (C=O) groups is 4. The lowest BCUT2D eigenvalue weighted by molar-refractivity contribution is -0.162. The molecule has 3 aromatic rings. The highest BCUT2D eigenvalue weighted by molar-refractivity contribution is 8.03. The van der Waals surface area contributed by atoms with Crippen LogP contribution in [0.3, 0.4) is 0 Å². The number of aromatic nitrogens is 5. The van der Waals surface area contributed by atoms with Crippen LogP contribution in [0.1, 0.15) is 15.4 Å². The minimum Gasteiger partial charge on any atom is -0.460 e. The van der Waals surface area contributed by atoms with E-state index >= 15 is 0 Å². The minimum atomic E-state index is -1.19. The van der Waals surface area contributed by atoms with E-state index in [1.54, 1.807) is 5.41 Å². The summed E-state index contributed by atoms with van der Waals surface area (Å²) >= 11 is 8.30. The normalized spacial score (nSPS) is 19.6. The SMILES string of the molecule is C=CCOC(=O)C1C(COC(=O)c2ncn3c(=O)n(CCCl)nnc23)=CS[C@@H]2[C@H](NC(=O)Cc3cccs3)C(=O)N12. The zero-order valence-corrected chi connectivity index (χ0v) is 23.6. The van der Waals surface area contributed by atoms with Gasteiger partial charge in [-0.15, -0.1) is 39.8 Å². The first kappa shape index (κ1) is 28.5. The van der Waals surface area contributed by atoms with Crippen molar-refractivity contribution in [1.29, 1.82) is 0 Å². The fourth-order valence-corrected chi connectivity index (χ4v) is 6.32. The summed E-state index contributed by atoms with van der Waals surface area (Å²) < 4.78 is 12.7. The Bertz CT molecular complexity index is 1600. The van der Waals surface area contributed by atoms with Crippen molar-refractivity contribution in [3.8, 4) is 0 Å². The predicted molar refractivity (Wildman–Crippen MR) is 147 cm³/mol. The summed E-state index contributed by atoms with van der Waals surface area (Å²) in [4.78, 5) is 70.1. The zero-order chi connectivity index (χ0) is 29.1. The molecule has 1 unspecified atom stereocenters. The molecule has 5 rings (SSSR count). The fraction of sp³-hybridized carbons (Fsp3) is 0.333. The predicted octanol–water partition coefficient (Wildman–Crippen LogP) is 0.367. The van der Waals surface area contributed by atoms with Crippen LogP contribution in [0.15, 0.2) is 52.3 Å². The first-order valence-electron chi connectivity index (χ1n) is 12.1. The lowest BCUT2D eigenvalue weighted by Crippen LogP contribution is -2.74. The Balaban J connectivity index is 1.30. The number of imidazole rings is 1. The van der Waals surface area contributed by atoms with Crippen molar-refractivity contribution in [1.82, 2.24) is 34.6 Å². The lowest BCUT2D eigenvalue weighted by atomic mass is 9.98. The summed E-state index contributed by atoms with van der Waals surface area (Å²) in [6.45, 7) is 3.16. The van der Waals surface area contributed by atoms with E-state index in [4.69, 9.17) is 21.1 Å². The maximum Gasteiger partial charge on any atom is 0.361 e. The summed E-state index contributed by atoms with van der Waals surface area (Å²) in [5.41, 5.74) is -0.671. The van der Waals surface area contributed by atoms with Crippen molar-refractivity contribution in [3.05, 3.63) is 68.5 Å². The van der Waals surface area contributed by atoms with Gasteiger partial charge in [0, 0.05) is 16.3 Å². The van der Waals surface area contributed by atoms with Gasteiger partial charge < -0.3 is 19.7 Å². The molecule has 214 valence electrons. The monoisotopic (exact) mass is 619 g/mol. The van der Waals surface area contributed by atoms with Crippen molar-refractivity contribution < 1.29 is 28.7 Å². The molecule has 0 spiro atoms. The molecule has 3 atom stereocenters. The van der Waals surface area contributed by atoms with Gasteiger partial charge in [-0.1, -0.05) is 23.9 Å². The van der Waals surface area contributed by atoms with E-state index < -0.39 is 41.0 Å². The maximum atomic E-state index is 13.1. The Morgan fingerprint density at radius 3 is 2.80 bits per heavy atom. The van der Waals surface area contributed by atoms with E-state index in [-0.39, 0.29) is 54.9 Å². The summed E-state index contributed by atoms with van der Waals surface area (Å²) in [5.74, 6) is -2.31. The van der Waals surface area contributed by atoms with Gasteiger partial charge in [0.15, 0.2) is 17.4 Å².